The Labute approximate surface area is 145 Å². The van der Waals surface area contributed by atoms with Gasteiger partial charge in [0, 0.05) is 28.7 Å². The summed E-state index contributed by atoms with van der Waals surface area (Å²) in [6.45, 7) is 0. The number of aryl methyl sites for hydroxylation is 1. The van der Waals surface area contributed by atoms with Crippen LogP contribution in [0, 0.1) is 0 Å². The molecule has 0 aromatic heterocycles. The summed E-state index contributed by atoms with van der Waals surface area (Å²) >= 11 is 0. The van der Waals surface area contributed by atoms with Gasteiger partial charge < -0.3 is 10.6 Å². The number of anilines is 2. The number of carbonyl (C=O) groups excluding carboxylic acids is 2. The van der Waals surface area contributed by atoms with Gasteiger partial charge in [0.15, 0.2) is 0 Å². The van der Waals surface area contributed by atoms with Crippen LogP contribution in [0.1, 0.15) is 28.8 Å². The molecule has 4 heteroatoms. The molecule has 1 heterocycles. The first kappa shape index (κ1) is 15.4. The van der Waals surface area contributed by atoms with Crippen LogP contribution in [0.15, 0.2) is 60.7 Å². The summed E-state index contributed by atoms with van der Waals surface area (Å²) in [5.41, 5.74) is 3.22. The van der Waals surface area contributed by atoms with Crippen LogP contribution in [0.25, 0.3) is 10.8 Å². The Morgan fingerprint density at radius 3 is 2.72 bits per heavy atom. The van der Waals surface area contributed by atoms with Gasteiger partial charge in [-0.1, -0.05) is 36.4 Å². The average molecular weight is 330 g/mol. The summed E-state index contributed by atoms with van der Waals surface area (Å²) < 4.78 is 0. The van der Waals surface area contributed by atoms with Gasteiger partial charge in [-0.05, 0) is 48.1 Å². The lowest BCUT2D eigenvalue weighted by atomic mass is 10.0. The molecule has 4 rings (SSSR count). The predicted molar refractivity (Wildman–Crippen MR) is 99.9 cm³/mol. The first-order chi connectivity index (χ1) is 12.2. The molecular formula is C21H18N2O2. The Morgan fingerprint density at radius 1 is 0.960 bits per heavy atom. The molecule has 0 spiro atoms. The third kappa shape index (κ3) is 3.11. The number of nitrogens with one attached hydrogen (secondary N) is 2. The highest BCUT2D eigenvalue weighted by atomic mass is 16.2. The summed E-state index contributed by atoms with van der Waals surface area (Å²) in [6, 6.07) is 19.3. The second-order valence-corrected chi connectivity index (χ2v) is 6.25. The highest BCUT2D eigenvalue weighted by Gasteiger charge is 2.15. The quantitative estimate of drug-likeness (QED) is 0.733. The van der Waals surface area contributed by atoms with Crippen LogP contribution in [0.4, 0.5) is 11.4 Å². The summed E-state index contributed by atoms with van der Waals surface area (Å²) in [6.07, 6.45) is 2.11. The molecule has 0 radical (unpaired) electrons. The minimum absolute atomic E-state index is 0.0340. The number of rotatable bonds is 2. The van der Waals surface area contributed by atoms with Crippen molar-refractivity contribution in [3.63, 3.8) is 0 Å². The van der Waals surface area contributed by atoms with Gasteiger partial charge in [-0.15, -0.1) is 0 Å². The Balaban J connectivity index is 1.63. The number of benzene rings is 3. The van der Waals surface area contributed by atoms with Gasteiger partial charge in [-0.25, -0.2) is 0 Å². The van der Waals surface area contributed by atoms with Gasteiger partial charge in [-0.3, -0.25) is 9.59 Å². The van der Waals surface area contributed by atoms with Gasteiger partial charge in [0.25, 0.3) is 5.91 Å². The van der Waals surface area contributed by atoms with Gasteiger partial charge in [0.2, 0.25) is 5.91 Å². The fourth-order valence-electron chi connectivity index (χ4n) is 3.24. The van der Waals surface area contributed by atoms with Crippen LogP contribution in [0.2, 0.25) is 0 Å². The molecule has 3 aromatic rings. The van der Waals surface area contributed by atoms with Crippen LogP contribution in [0.5, 0.6) is 0 Å². The summed E-state index contributed by atoms with van der Waals surface area (Å²) in [5.74, 6) is -0.110. The molecule has 124 valence electrons. The van der Waals surface area contributed by atoms with Gasteiger partial charge in [-0.2, -0.15) is 0 Å². The Morgan fingerprint density at radius 2 is 1.80 bits per heavy atom. The van der Waals surface area contributed by atoms with Gasteiger partial charge in [0.05, 0.1) is 0 Å². The molecule has 2 N–H and O–H groups in total. The number of hydrogen-bond donors (Lipinski definition) is 2. The number of hydrogen-bond acceptors (Lipinski definition) is 2. The minimum Gasteiger partial charge on any atom is -0.326 e. The zero-order valence-electron chi connectivity index (χ0n) is 13.7. The molecule has 0 atom stereocenters. The molecule has 0 saturated carbocycles. The third-order valence-electron chi connectivity index (χ3n) is 4.53. The Kier molecular flexibility index (Phi) is 3.94. The zero-order valence-corrected chi connectivity index (χ0v) is 13.7. The summed E-state index contributed by atoms with van der Waals surface area (Å²) in [5, 5.41) is 8.00. The fraction of sp³-hybridized carbons (Fsp3) is 0.143. The standard InChI is InChI=1S/C21H18N2O2/c24-20-10-4-7-15-13-16(11-12-18(15)22-20)21(25)23-19-9-3-6-14-5-1-2-8-17(14)19/h1-3,5-6,8-9,11-13H,4,7,10H2,(H,22,24)(H,23,25). The lowest BCUT2D eigenvalue weighted by Gasteiger charge is -2.11. The molecule has 4 nitrogen and oxygen atoms in total. The molecule has 1 aliphatic rings. The lowest BCUT2D eigenvalue weighted by Crippen LogP contribution is -2.13. The Bertz CT molecular complexity index is 973. The highest BCUT2D eigenvalue weighted by Crippen LogP contribution is 2.26. The summed E-state index contributed by atoms with van der Waals surface area (Å²) in [4.78, 5) is 24.3. The van der Waals surface area contributed by atoms with E-state index in [1.807, 2.05) is 54.6 Å². The van der Waals surface area contributed by atoms with Crippen molar-refractivity contribution in [2.45, 2.75) is 19.3 Å². The van der Waals surface area contributed by atoms with Crippen molar-refractivity contribution in [2.24, 2.45) is 0 Å². The molecule has 0 aliphatic carbocycles. The van der Waals surface area contributed by atoms with E-state index in [0.717, 1.165) is 40.6 Å². The molecule has 0 unspecified atom stereocenters. The topological polar surface area (TPSA) is 58.2 Å². The molecule has 0 bridgehead atoms. The van der Waals surface area contributed by atoms with E-state index in [-0.39, 0.29) is 11.8 Å². The monoisotopic (exact) mass is 330 g/mol. The van der Waals surface area contributed by atoms with Crippen molar-refractivity contribution in [2.75, 3.05) is 10.6 Å². The van der Waals surface area contributed by atoms with Crippen molar-refractivity contribution in [3.05, 3.63) is 71.8 Å². The van der Waals surface area contributed by atoms with Crippen molar-refractivity contribution >= 4 is 34.0 Å². The maximum Gasteiger partial charge on any atom is 0.255 e. The first-order valence-electron chi connectivity index (χ1n) is 8.42. The maximum atomic E-state index is 12.7. The molecule has 0 saturated heterocycles. The van der Waals surface area contributed by atoms with E-state index in [0.29, 0.717) is 12.0 Å². The van der Waals surface area contributed by atoms with E-state index in [4.69, 9.17) is 0 Å². The normalized spacial score (nSPS) is 13.7. The molecule has 0 fully saturated rings. The van der Waals surface area contributed by atoms with Crippen LogP contribution in [-0.4, -0.2) is 11.8 Å². The van der Waals surface area contributed by atoms with E-state index in [1.54, 1.807) is 6.07 Å². The van der Waals surface area contributed by atoms with E-state index in [1.165, 1.54) is 0 Å². The van der Waals surface area contributed by atoms with Crippen molar-refractivity contribution in [1.82, 2.24) is 0 Å². The van der Waals surface area contributed by atoms with Crippen molar-refractivity contribution in [3.8, 4) is 0 Å². The van der Waals surface area contributed by atoms with E-state index in [9.17, 15) is 9.59 Å². The van der Waals surface area contributed by atoms with Crippen LogP contribution in [-0.2, 0) is 11.2 Å². The van der Waals surface area contributed by atoms with Crippen LogP contribution >= 0.6 is 0 Å². The predicted octanol–water partition coefficient (Wildman–Crippen LogP) is 4.37. The fourth-order valence-corrected chi connectivity index (χ4v) is 3.24. The highest BCUT2D eigenvalue weighted by molar-refractivity contribution is 6.09. The molecular weight excluding hydrogens is 312 g/mol. The smallest absolute Gasteiger partial charge is 0.255 e. The number of carbonyl (C=O) groups is 2. The van der Waals surface area contributed by atoms with Crippen molar-refractivity contribution < 1.29 is 9.59 Å². The zero-order chi connectivity index (χ0) is 17.2. The van der Waals surface area contributed by atoms with Crippen LogP contribution < -0.4 is 10.6 Å². The van der Waals surface area contributed by atoms with E-state index >= 15 is 0 Å². The van der Waals surface area contributed by atoms with Gasteiger partial charge in [0.1, 0.15) is 0 Å². The number of fused-ring (bicyclic) bond motifs is 2. The summed E-state index contributed by atoms with van der Waals surface area (Å²) in [7, 11) is 0. The Hall–Kier alpha value is -3.14. The SMILES string of the molecule is O=C1CCCc2cc(C(=O)Nc3cccc4ccccc34)ccc2N1. The average Bonchev–Trinajstić information content (AvgIpc) is 2.82. The van der Waals surface area contributed by atoms with Gasteiger partial charge >= 0.3 is 0 Å². The molecule has 25 heavy (non-hydrogen) atoms. The van der Waals surface area contributed by atoms with Crippen LogP contribution in [0.3, 0.4) is 0 Å². The largest absolute Gasteiger partial charge is 0.326 e. The van der Waals surface area contributed by atoms with E-state index < -0.39 is 0 Å². The molecule has 1 aliphatic heterocycles. The third-order valence-corrected chi connectivity index (χ3v) is 4.53. The maximum absolute atomic E-state index is 12.7. The second-order valence-electron chi connectivity index (χ2n) is 6.25. The van der Waals surface area contributed by atoms with Crippen molar-refractivity contribution in [1.29, 1.82) is 0 Å². The second kappa shape index (κ2) is 6.40. The van der Waals surface area contributed by atoms with E-state index in [2.05, 4.69) is 10.6 Å². The first-order valence-corrected chi connectivity index (χ1v) is 8.42. The lowest BCUT2D eigenvalue weighted by molar-refractivity contribution is -0.116. The minimum atomic E-state index is -0.144. The molecule has 2 amide bonds. The molecule has 3 aromatic carbocycles. The number of amides is 2.